The van der Waals surface area contributed by atoms with E-state index in [0.717, 1.165) is 13.8 Å². The van der Waals surface area contributed by atoms with E-state index in [0.29, 0.717) is 12.0 Å². The van der Waals surface area contributed by atoms with E-state index in [2.05, 4.69) is 5.32 Å². The van der Waals surface area contributed by atoms with Crippen LogP contribution in [0.3, 0.4) is 0 Å². The van der Waals surface area contributed by atoms with Crippen molar-refractivity contribution in [3.63, 3.8) is 0 Å². The summed E-state index contributed by atoms with van der Waals surface area (Å²) >= 11 is 0. The third-order valence-electron chi connectivity index (χ3n) is 13.5. The Morgan fingerprint density at radius 2 is 1.55 bits per heavy atom. The van der Waals surface area contributed by atoms with Gasteiger partial charge in [-0.1, -0.05) is 76.2 Å². The van der Waals surface area contributed by atoms with Crippen molar-refractivity contribution in [3.05, 3.63) is 82.9 Å². The molecule has 0 spiro atoms. The topological polar surface area (TPSA) is 221 Å². The van der Waals surface area contributed by atoms with Crippen molar-refractivity contribution in [2.45, 2.75) is 129 Å². The van der Waals surface area contributed by atoms with Crippen LogP contribution in [-0.2, 0) is 47.7 Å². The predicted molar refractivity (Wildman–Crippen MR) is 211 cm³/mol. The van der Waals surface area contributed by atoms with Gasteiger partial charge < -0.3 is 44.3 Å². The summed E-state index contributed by atoms with van der Waals surface area (Å²) in [7, 11) is 0. The largest absolute Gasteiger partial charge is 0.456 e. The maximum Gasteiger partial charge on any atom is 0.338 e. The predicted octanol–water partition coefficient (Wildman–Crippen LogP) is 3.47. The Kier molecular flexibility index (Phi) is 12.2. The summed E-state index contributed by atoms with van der Waals surface area (Å²) < 4.78 is 30.2. The average Bonchev–Trinajstić information content (AvgIpc) is 3.20. The van der Waals surface area contributed by atoms with Crippen LogP contribution in [-0.4, -0.2) is 105 Å². The van der Waals surface area contributed by atoms with E-state index >= 15 is 4.79 Å². The minimum atomic E-state index is -2.37. The van der Waals surface area contributed by atoms with E-state index in [1.165, 1.54) is 26.0 Å². The number of rotatable bonds is 11. The number of Topliss-reactive ketones (excluding diaryl/α,β-unsaturated/α-hetero) is 1. The summed E-state index contributed by atoms with van der Waals surface area (Å²) in [5.41, 5.74) is -7.15. The van der Waals surface area contributed by atoms with Gasteiger partial charge in [0.15, 0.2) is 23.6 Å². The van der Waals surface area contributed by atoms with E-state index in [4.69, 9.17) is 23.7 Å². The molecule has 2 bridgehead atoms. The van der Waals surface area contributed by atoms with Crippen LogP contribution in [0.15, 0.2) is 71.8 Å². The number of aliphatic hydroxyl groups is 3. The molecule has 4 N–H and O–H groups in total. The second-order valence-electron chi connectivity index (χ2n) is 17.3. The molecular weight excluding hydrogens is 778 g/mol. The second-order valence-corrected chi connectivity index (χ2v) is 17.3. The molecule has 324 valence electrons. The van der Waals surface area contributed by atoms with Gasteiger partial charge in [0, 0.05) is 38.0 Å². The van der Waals surface area contributed by atoms with E-state index < -0.39 is 119 Å². The molecule has 1 aliphatic heterocycles. The van der Waals surface area contributed by atoms with Crippen LogP contribution < -0.4 is 5.32 Å². The van der Waals surface area contributed by atoms with Crippen molar-refractivity contribution >= 4 is 35.6 Å². The number of amides is 1. The number of carbonyl (C=O) groups excluding carboxylic acids is 6. The average molecular weight is 834 g/mol. The highest BCUT2D eigenvalue weighted by molar-refractivity contribution is 5.95. The monoisotopic (exact) mass is 833 g/mol. The Morgan fingerprint density at radius 3 is 2.10 bits per heavy atom. The lowest BCUT2D eigenvalue weighted by atomic mass is 9.44. The summed E-state index contributed by atoms with van der Waals surface area (Å²) in [4.78, 5) is 83.0. The molecule has 1 saturated heterocycles. The van der Waals surface area contributed by atoms with Crippen molar-refractivity contribution in [3.8, 4) is 0 Å². The fraction of sp³-hybridized carbons (Fsp3) is 0.556. The fourth-order valence-corrected chi connectivity index (χ4v) is 9.85. The summed E-state index contributed by atoms with van der Waals surface area (Å²) in [5, 5.41) is 40.1. The highest BCUT2D eigenvalue weighted by Crippen LogP contribution is 2.64. The number of fused-ring (bicyclic) bond motifs is 5. The number of ether oxygens (including phenoxy) is 5. The van der Waals surface area contributed by atoms with Gasteiger partial charge in [0.25, 0.3) is 0 Å². The van der Waals surface area contributed by atoms with Gasteiger partial charge in [-0.15, -0.1) is 0 Å². The zero-order valence-corrected chi connectivity index (χ0v) is 35.1. The first-order valence-corrected chi connectivity index (χ1v) is 20.3. The van der Waals surface area contributed by atoms with Crippen molar-refractivity contribution in [2.24, 2.45) is 22.7 Å². The first-order valence-electron chi connectivity index (χ1n) is 20.3. The smallest absolute Gasteiger partial charge is 0.338 e. The molecule has 60 heavy (non-hydrogen) atoms. The molecule has 2 aromatic rings. The number of carbonyl (C=O) groups is 6. The van der Waals surface area contributed by atoms with Crippen LogP contribution in [0.4, 0.5) is 0 Å². The van der Waals surface area contributed by atoms with Crippen molar-refractivity contribution < 1.29 is 67.8 Å². The van der Waals surface area contributed by atoms with Crippen molar-refractivity contribution in [1.82, 2.24) is 5.32 Å². The van der Waals surface area contributed by atoms with Crippen LogP contribution in [0.1, 0.15) is 96.6 Å². The SMILES string of the molecule is CCC(C)C(=O)N[C@@H](c1ccccc1)[C@@H](O)C(=O)O[C@H]1C[C@@]2(O)[C@@H](OC(=O)c3ccccc3)[C@@H]3[C@]4(OC(C)=O)CO[C@@H]4C[C@H](O)[C@@]3(C)C(=O)[C@H](OC(C)=O)C(=C1C)C2(C)C. The van der Waals surface area contributed by atoms with Gasteiger partial charge in [0.05, 0.1) is 35.6 Å². The highest BCUT2D eigenvalue weighted by atomic mass is 16.6. The fourth-order valence-electron chi connectivity index (χ4n) is 9.85. The maximum absolute atomic E-state index is 15.4. The summed E-state index contributed by atoms with van der Waals surface area (Å²) in [5.74, 6) is -7.06. The minimum absolute atomic E-state index is 0.00887. The number of ketones is 1. The Labute approximate surface area is 348 Å². The minimum Gasteiger partial charge on any atom is -0.456 e. The van der Waals surface area contributed by atoms with E-state index in [1.807, 2.05) is 6.92 Å². The second kappa shape index (κ2) is 16.5. The normalized spacial score (nSPS) is 33.1. The molecular formula is C45H55NO14. The lowest BCUT2D eigenvalue weighted by Gasteiger charge is -2.67. The molecule has 2 aromatic carbocycles. The molecule has 3 fully saturated rings. The molecule has 6 rings (SSSR count). The van der Waals surface area contributed by atoms with Crippen LogP contribution in [0.25, 0.3) is 0 Å². The van der Waals surface area contributed by atoms with Gasteiger partial charge >= 0.3 is 23.9 Å². The standard InChI is InChI=1S/C45H55NO14/c1-9-23(2)39(52)46-33(27-16-12-10-13-17-27)34(50)41(54)58-29-21-45(55)38(59-40(53)28-18-14-11-15-19-28)36-43(8,30(49)20-31-44(36,22-56-31)60-26(5)48)37(51)35(57-25(4)47)32(24(29)3)42(45,6)7/h10-19,23,29-31,33-36,38,49-50,55H,9,20-22H2,1-8H3,(H,46,52)/t23?,29-,30-,31+,33-,34+,35+,36-,38-,43+,44-,45+/m0/s1. The zero-order valence-electron chi connectivity index (χ0n) is 35.1. The number of nitrogens with one attached hydrogen (secondary N) is 1. The van der Waals surface area contributed by atoms with Gasteiger partial charge in [-0.05, 0) is 49.1 Å². The Bertz CT molecular complexity index is 2050. The molecule has 15 heteroatoms. The maximum atomic E-state index is 15.4. The molecule has 12 atom stereocenters. The Balaban J connectivity index is 1.55. The van der Waals surface area contributed by atoms with E-state index in [9.17, 15) is 39.3 Å². The molecule has 1 heterocycles. The lowest BCUT2D eigenvalue weighted by molar-refractivity contribution is -0.346. The Hall–Kier alpha value is -4.96. The molecule has 0 aromatic heterocycles. The number of esters is 4. The lowest BCUT2D eigenvalue weighted by Crippen LogP contribution is -2.82. The van der Waals surface area contributed by atoms with Crippen molar-refractivity contribution in [1.29, 1.82) is 0 Å². The van der Waals surface area contributed by atoms with Crippen LogP contribution in [0, 0.1) is 22.7 Å². The first kappa shape index (κ1) is 44.6. The highest BCUT2D eigenvalue weighted by Gasteiger charge is 2.78. The quantitative estimate of drug-likeness (QED) is 0.145. The number of hydrogen-bond donors (Lipinski definition) is 4. The zero-order chi connectivity index (χ0) is 44.1. The summed E-state index contributed by atoms with van der Waals surface area (Å²) in [6.07, 6.45) is -9.88. The van der Waals surface area contributed by atoms with Crippen LogP contribution >= 0.6 is 0 Å². The summed E-state index contributed by atoms with van der Waals surface area (Å²) in [6, 6.07) is 14.9. The van der Waals surface area contributed by atoms with Gasteiger partial charge in [-0.2, -0.15) is 0 Å². The molecule has 1 unspecified atom stereocenters. The molecule has 4 aliphatic rings. The molecule has 1 amide bonds. The molecule has 15 nitrogen and oxygen atoms in total. The van der Waals surface area contributed by atoms with E-state index in [-0.39, 0.29) is 29.7 Å². The van der Waals surface area contributed by atoms with E-state index in [1.54, 1.807) is 69.3 Å². The van der Waals surface area contributed by atoms with Gasteiger partial charge in [-0.3, -0.25) is 19.2 Å². The summed E-state index contributed by atoms with van der Waals surface area (Å²) in [6.45, 7) is 11.5. The third kappa shape index (κ3) is 7.32. The number of aliphatic hydroxyl groups excluding tert-OH is 2. The van der Waals surface area contributed by atoms with Gasteiger partial charge in [0.2, 0.25) is 5.91 Å². The Morgan fingerprint density at radius 1 is 0.933 bits per heavy atom. The number of benzene rings is 2. The van der Waals surface area contributed by atoms with Gasteiger partial charge in [-0.25, -0.2) is 9.59 Å². The first-order chi connectivity index (χ1) is 28.1. The van der Waals surface area contributed by atoms with Crippen LogP contribution in [0.5, 0.6) is 0 Å². The molecule has 2 saturated carbocycles. The molecule has 0 radical (unpaired) electrons. The van der Waals surface area contributed by atoms with Crippen LogP contribution in [0.2, 0.25) is 0 Å². The van der Waals surface area contributed by atoms with Gasteiger partial charge in [0.1, 0.15) is 23.9 Å². The molecule has 3 aliphatic carbocycles. The van der Waals surface area contributed by atoms with Crippen molar-refractivity contribution in [2.75, 3.05) is 6.61 Å². The third-order valence-corrected chi connectivity index (χ3v) is 13.5. The number of hydrogen-bond acceptors (Lipinski definition) is 14.